The highest BCUT2D eigenvalue weighted by Gasteiger charge is 2.32. The molecule has 0 spiro atoms. The predicted molar refractivity (Wildman–Crippen MR) is 127 cm³/mol. The molecule has 6 nitrogen and oxygen atoms in total. The number of halogens is 3. The second-order valence-corrected chi connectivity index (χ2v) is 8.28. The quantitative estimate of drug-likeness (QED) is 0.483. The topological polar surface area (TPSA) is 74.4 Å². The molecule has 1 aromatic heterocycles. The fraction of sp³-hybridized carbons (Fsp3) is 0.231. The van der Waals surface area contributed by atoms with Gasteiger partial charge in [-0.3, -0.25) is 9.59 Å². The van der Waals surface area contributed by atoms with E-state index in [0.717, 1.165) is 23.4 Å². The first-order valence-electron chi connectivity index (χ1n) is 11.0. The van der Waals surface area contributed by atoms with Gasteiger partial charge in [0.2, 0.25) is 11.5 Å². The van der Waals surface area contributed by atoms with Crippen LogP contribution in [0.2, 0.25) is 0 Å². The van der Waals surface area contributed by atoms with Crippen molar-refractivity contribution in [2.75, 3.05) is 18.0 Å². The number of rotatable bonds is 7. The highest BCUT2D eigenvalue weighted by atomic mass is 19.4. The number of aromatic nitrogens is 1. The monoisotopic (exact) mass is 483 g/mol. The lowest BCUT2D eigenvalue weighted by molar-refractivity contribution is -0.137. The van der Waals surface area contributed by atoms with Crippen molar-refractivity contribution in [3.63, 3.8) is 0 Å². The molecule has 9 heteroatoms. The molecule has 2 aromatic carbocycles. The van der Waals surface area contributed by atoms with Gasteiger partial charge < -0.3 is 19.9 Å². The van der Waals surface area contributed by atoms with Crippen molar-refractivity contribution in [2.45, 2.75) is 19.2 Å². The second-order valence-electron chi connectivity index (χ2n) is 8.28. The SMILES string of the molecule is C=CC(=O)NC[C@H]1Cc2c(OCc3cc[nH]c(=O)c3)cccc2N(c2ccc(C(F)(F)F)cc2)C1. The van der Waals surface area contributed by atoms with E-state index in [1.165, 1.54) is 24.3 Å². The van der Waals surface area contributed by atoms with Crippen LogP contribution in [-0.4, -0.2) is 24.0 Å². The lowest BCUT2D eigenvalue weighted by Crippen LogP contribution is -2.39. The number of carbonyl (C=O) groups is 1. The Morgan fingerprint density at radius 2 is 1.97 bits per heavy atom. The Morgan fingerprint density at radius 3 is 2.66 bits per heavy atom. The van der Waals surface area contributed by atoms with E-state index in [4.69, 9.17) is 4.74 Å². The number of pyridine rings is 1. The van der Waals surface area contributed by atoms with E-state index in [1.54, 1.807) is 12.3 Å². The summed E-state index contributed by atoms with van der Waals surface area (Å²) in [5.41, 5.74) is 2.05. The van der Waals surface area contributed by atoms with Crippen LogP contribution < -0.4 is 20.5 Å². The van der Waals surface area contributed by atoms with E-state index in [9.17, 15) is 22.8 Å². The fourth-order valence-electron chi connectivity index (χ4n) is 4.13. The summed E-state index contributed by atoms with van der Waals surface area (Å²) in [5.74, 6) is 0.285. The van der Waals surface area contributed by atoms with E-state index in [2.05, 4.69) is 16.9 Å². The Bertz CT molecular complexity index is 1270. The van der Waals surface area contributed by atoms with Gasteiger partial charge in [-0.1, -0.05) is 12.6 Å². The Balaban J connectivity index is 1.66. The van der Waals surface area contributed by atoms with Crippen LogP contribution in [0.5, 0.6) is 5.75 Å². The minimum absolute atomic E-state index is 0.0296. The van der Waals surface area contributed by atoms with Crippen molar-refractivity contribution < 1.29 is 22.7 Å². The van der Waals surface area contributed by atoms with Crippen molar-refractivity contribution in [3.05, 3.63) is 100 Å². The largest absolute Gasteiger partial charge is 0.489 e. The molecule has 1 aliphatic heterocycles. The third kappa shape index (κ3) is 5.74. The minimum Gasteiger partial charge on any atom is -0.489 e. The lowest BCUT2D eigenvalue weighted by atomic mass is 9.91. The number of aromatic amines is 1. The van der Waals surface area contributed by atoms with Gasteiger partial charge in [-0.05, 0) is 66.4 Å². The molecule has 1 atom stereocenters. The molecular formula is C26H24F3N3O3. The zero-order chi connectivity index (χ0) is 25.0. The van der Waals surface area contributed by atoms with Crippen molar-refractivity contribution >= 4 is 17.3 Å². The molecule has 0 radical (unpaired) electrons. The highest BCUT2D eigenvalue weighted by molar-refractivity contribution is 5.86. The van der Waals surface area contributed by atoms with Gasteiger partial charge in [0, 0.05) is 42.3 Å². The van der Waals surface area contributed by atoms with Crippen molar-refractivity contribution in [3.8, 4) is 5.75 Å². The summed E-state index contributed by atoms with van der Waals surface area (Å²) >= 11 is 0. The number of anilines is 2. The van der Waals surface area contributed by atoms with Gasteiger partial charge in [0.15, 0.2) is 0 Å². The van der Waals surface area contributed by atoms with E-state index >= 15 is 0 Å². The Kier molecular flexibility index (Phi) is 6.95. The molecule has 0 saturated heterocycles. The average Bonchev–Trinajstić information content (AvgIpc) is 2.85. The molecule has 2 heterocycles. The third-order valence-electron chi connectivity index (χ3n) is 5.82. The number of H-pyrrole nitrogens is 1. The molecule has 0 bridgehead atoms. The zero-order valence-corrected chi connectivity index (χ0v) is 18.8. The Morgan fingerprint density at radius 1 is 1.20 bits per heavy atom. The fourth-order valence-corrected chi connectivity index (χ4v) is 4.13. The Labute approximate surface area is 200 Å². The second kappa shape index (κ2) is 10.1. The summed E-state index contributed by atoms with van der Waals surface area (Å²) in [7, 11) is 0. The molecule has 1 aliphatic rings. The zero-order valence-electron chi connectivity index (χ0n) is 18.8. The van der Waals surface area contributed by atoms with Crippen LogP contribution in [0.1, 0.15) is 16.7 Å². The predicted octanol–water partition coefficient (Wildman–Crippen LogP) is 4.59. The standard InChI is InChI=1S/C26H24F3N3O3/c1-2-24(33)31-14-18-12-21-22(32(15-18)20-8-6-19(7-9-20)26(27,28)29)4-3-5-23(21)35-16-17-10-11-30-25(34)13-17/h2-11,13,18H,1,12,14-16H2,(H,30,34)(H,31,33)/t18-/m1/s1. The summed E-state index contributed by atoms with van der Waals surface area (Å²) in [4.78, 5) is 27.8. The van der Waals surface area contributed by atoms with Crippen LogP contribution in [0, 0.1) is 5.92 Å². The average molecular weight is 483 g/mol. The Hall–Kier alpha value is -4.01. The van der Waals surface area contributed by atoms with Crippen molar-refractivity contribution in [1.82, 2.24) is 10.3 Å². The number of nitrogens with one attached hydrogen (secondary N) is 2. The van der Waals surface area contributed by atoms with Crippen LogP contribution >= 0.6 is 0 Å². The summed E-state index contributed by atoms with van der Waals surface area (Å²) in [5, 5.41) is 2.81. The maximum Gasteiger partial charge on any atom is 0.416 e. The number of ether oxygens (including phenoxy) is 1. The minimum atomic E-state index is -4.42. The number of carbonyl (C=O) groups excluding carboxylic acids is 1. The van der Waals surface area contributed by atoms with E-state index in [0.29, 0.717) is 36.5 Å². The van der Waals surface area contributed by atoms with Gasteiger partial charge in [0.25, 0.3) is 0 Å². The van der Waals surface area contributed by atoms with E-state index in [-0.39, 0.29) is 24.0 Å². The van der Waals surface area contributed by atoms with Crippen molar-refractivity contribution in [2.24, 2.45) is 5.92 Å². The smallest absolute Gasteiger partial charge is 0.416 e. The number of amides is 1. The van der Waals surface area contributed by atoms with Crippen LogP contribution in [-0.2, 0) is 24.0 Å². The van der Waals surface area contributed by atoms with Gasteiger partial charge in [0.05, 0.1) is 5.56 Å². The molecule has 182 valence electrons. The van der Waals surface area contributed by atoms with Gasteiger partial charge in [-0.25, -0.2) is 0 Å². The van der Waals surface area contributed by atoms with Crippen LogP contribution in [0.15, 0.2) is 78.2 Å². The molecule has 2 N–H and O–H groups in total. The molecule has 0 unspecified atom stereocenters. The lowest BCUT2D eigenvalue weighted by Gasteiger charge is -2.37. The summed E-state index contributed by atoms with van der Waals surface area (Å²) in [6.45, 7) is 4.50. The molecule has 1 amide bonds. The van der Waals surface area contributed by atoms with Crippen molar-refractivity contribution in [1.29, 1.82) is 0 Å². The molecule has 0 aliphatic carbocycles. The van der Waals surface area contributed by atoms with Gasteiger partial charge in [-0.15, -0.1) is 0 Å². The molecule has 3 aromatic rings. The van der Waals surface area contributed by atoms with Crippen LogP contribution in [0.4, 0.5) is 24.5 Å². The van der Waals surface area contributed by atoms with E-state index in [1.807, 2.05) is 23.1 Å². The first kappa shape index (κ1) is 24.1. The molecule has 4 rings (SSSR count). The number of fused-ring (bicyclic) bond motifs is 1. The molecular weight excluding hydrogens is 459 g/mol. The number of hydrogen-bond acceptors (Lipinski definition) is 4. The first-order valence-corrected chi connectivity index (χ1v) is 11.0. The normalized spacial score (nSPS) is 15.3. The first-order chi connectivity index (χ1) is 16.7. The van der Waals surface area contributed by atoms with Gasteiger partial charge in [-0.2, -0.15) is 13.2 Å². The molecule has 0 fully saturated rings. The summed E-state index contributed by atoms with van der Waals surface area (Å²) in [6.07, 6.45) is -1.09. The third-order valence-corrected chi connectivity index (χ3v) is 5.82. The van der Waals surface area contributed by atoms with Crippen LogP contribution in [0.3, 0.4) is 0 Å². The van der Waals surface area contributed by atoms with Crippen LogP contribution in [0.25, 0.3) is 0 Å². The highest BCUT2D eigenvalue weighted by Crippen LogP contribution is 2.41. The van der Waals surface area contributed by atoms with E-state index < -0.39 is 11.7 Å². The number of nitrogens with zero attached hydrogens (tertiary/aromatic N) is 1. The number of benzene rings is 2. The van der Waals surface area contributed by atoms with Gasteiger partial charge in [0.1, 0.15) is 12.4 Å². The summed E-state index contributed by atoms with van der Waals surface area (Å²) < 4.78 is 45.3. The number of alkyl halides is 3. The molecule has 0 saturated carbocycles. The maximum atomic E-state index is 13.1. The van der Waals surface area contributed by atoms with Gasteiger partial charge >= 0.3 is 6.18 Å². The maximum absolute atomic E-state index is 13.1. The summed E-state index contributed by atoms with van der Waals surface area (Å²) in [6, 6.07) is 13.8. The molecule has 35 heavy (non-hydrogen) atoms. The number of hydrogen-bond donors (Lipinski definition) is 2.